The van der Waals surface area contributed by atoms with E-state index >= 15 is 0 Å². The van der Waals surface area contributed by atoms with E-state index < -0.39 is 11.9 Å². The second-order valence-electron chi connectivity index (χ2n) is 3.96. The first-order valence-electron chi connectivity index (χ1n) is 6.21. The van der Waals surface area contributed by atoms with Gasteiger partial charge in [0.05, 0.1) is 0 Å². The second-order valence-corrected chi connectivity index (χ2v) is 5.84. The summed E-state index contributed by atoms with van der Waals surface area (Å²) in [5.41, 5.74) is 0. The first-order chi connectivity index (χ1) is 10.1. The van der Waals surface area contributed by atoms with Gasteiger partial charge in [-0.15, -0.1) is 0 Å². The van der Waals surface area contributed by atoms with Crippen LogP contribution in [0.3, 0.4) is 0 Å². The molecule has 0 atom stereocenters. The van der Waals surface area contributed by atoms with Gasteiger partial charge in [0.25, 0.3) is 5.91 Å². The Balaban J connectivity index is 1.98. The van der Waals surface area contributed by atoms with Crippen LogP contribution in [0, 0.1) is 0 Å². The van der Waals surface area contributed by atoms with E-state index in [0.29, 0.717) is 11.2 Å². The van der Waals surface area contributed by atoms with Crippen LogP contribution >= 0.6 is 27.9 Å². The molecule has 2 aromatic rings. The Hall–Kier alpha value is -1.73. The van der Waals surface area contributed by atoms with E-state index in [9.17, 15) is 9.59 Å². The highest BCUT2D eigenvalue weighted by molar-refractivity contribution is 9.10. The molecule has 1 aromatic carbocycles. The van der Waals surface area contributed by atoms with E-state index in [4.69, 9.17) is 4.42 Å². The molecular formula is C14H13BrN2O3S. The van der Waals surface area contributed by atoms with Gasteiger partial charge in [-0.3, -0.25) is 14.4 Å². The summed E-state index contributed by atoms with van der Waals surface area (Å²) in [7, 11) is 0. The molecule has 110 valence electrons. The van der Waals surface area contributed by atoms with Crippen molar-refractivity contribution >= 4 is 39.8 Å². The zero-order chi connectivity index (χ0) is 15.2. The fourth-order valence-corrected chi connectivity index (χ4v) is 2.61. The Bertz CT molecular complexity index is 630. The molecule has 0 saturated heterocycles. The third kappa shape index (κ3) is 4.37. The predicted molar refractivity (Wildman–Crippen MR) is 83.9 cm³/mol. The van der Waals surface area contributed by atoms with Crippen LogP contribution in [0.5, 0.6) is 0 Å². The smallest absolute Gasteiger partial charge is 0.334 e. The van der Waals surface area contributed by atoms with Gasteiger partial charge >= 0.3 is 6.03 Å². The lowest BCUT2D eigenvalue weighted by Gasteiger charge is -2.18. The maximum absolute atomic E-state index is 12.1. The number of carbonyl (C=O) groups excluding carboxylic acids is 2. The molecular weight excluding hydrogens is 356 g/mol. The number of amides is 3. The lowest BCUT2D eigenvalue weighted by molar-refractivity contribution is 0.0931. The van der Waals surface area contributed by atoms with Crippen LogP contribution < -0.4 is 5.32 Å². The van der Waals surface area contributed by atoms with E-state index in [2.05, 4.69) is 21.2 Å². The van der Waals surface area contributed by atoms with Crippen molar-refractivity contribution < 1.29 is 14.0 Å². The molecule has 21 heavy (non-hydrogen) atoms. The average molecular weight is 369 g/mol. The van der Waals surface area contributed by atoms with Gasteiger partial charge in [-0.1, -0.05) is 18.2 Å². The summed E-state index contributed by atoms with van der Waals surface area (Å²) in [6.07, 6.45) is 0. The van der Waals surface area contributed by atoms with Gasteiger partial charge in [-0.25, -0.2) is 4.79 Å². The molecule has 7 heteroatoms. The zero-order valence-electron chi connectivity index (χ0n) is 11.2. The topological polar surface area (TPSA) is 62.6 Å². The first kappa shape index (κ1) is 15.7. The molecule has 0 fully saturated rings. The molecule has 2 rings (SSSR count). The number of rotatable bonds is 4. The van der Waals surface area contributed by atoms with E-state index in [1.807, 2.05) is 37.3 Å². The minimum atomic E-state index is -0.571. The van der Waals surface area contributed by atoms with Crippen LogP contribution in [0.4, 0.5) is 4.79 Å². The maximum Gasteiger partial charge on any atom is 0.334 e. The van der Waals surface area contributed by atoms with Crippen molar-refractivity contribution in [1.29, 1.82) is 0 Å². The summed E-state index contributed by atoms with van der Waals surface area (Å²) in [6.45, 7) is 2.30. The average Bonchev–Trinajstić information content (AvgIpc) is 2.92. The highest BCUT2D eigenvalue weighted by atomic mass is 79.9. The van der Waals surface area contributed by atoms with Crippen molar-refractivity contribution in [2.45, 2.75) is 11.8 Å². The molecule has 0 bridgehead atoms. The normalized spacial score (nSPS) is 10.2. The predicted octanol–water partition coefficient (Wildman–Crippen LogP) is 3.92. The number of benzene rings is 1. The SMILES string of the molecule is CCN(Sc1ccccc1)C(=O)NC(=O)c1ccc(Br)o1. The van der Waals surface area contributed by atoms with Crippen LogP contribution in [0.2, 0.25) is 0 Å². The Kier molecular flexibility index (Phi) is 5.46. The zero-order valence-corrected chi connectivity index (χ0v) is 13.6. The van der Waals surface area contributed by atoms with Gasteiger partial charge in [0.1, 0.15) is 0 Å². The number of nitrogens with one attached hydrogen (secondary N) is 1. The molecule has 0 unspecified atom stereocenters. The molecule has 1 aromatic heterocycles. The largest absolute Gasteiger partial charge is 0.444 e. The van der Waals surface area contributed by atoms with Gasteiger partial charge < -0.3 is 4.42 Å². The van der Waals surface area contributed by atoms with Gasteiger partial charge in [-0.2, -0.15) is 0 Å². The molecule has 0 spiro atoms. The molecule has 5 nitrogen and oxygen atoms in total. The minimum Gasteiger partial charge on any atom is -0.444 e. The molecule has 0 aliphatic carbocycles. The summed E-state index contributed by atoms with van der Waals surface area (Å²) >= 11 is 4.38. The Labute approximate surface area is 135 Å². The number of hydrogen-bond donors (Lipinski definition) is 1. The van der Waals surface area contributed by atoms with Gasteiger partial charge in [-0.05, 0) is 59.1 Å². The van der Waals surface area contributed by atoms with Crippen molar-refractivity contribution in [3.8, 4) is 0 Å². The van der Waals surface area contributed by atoms with Gasteiger partial charge in [0.2, 0.25) is 0 Å². The molecule has 1 heterocycles. The second kappa shape index (κ2) is 7.33. The lowest BCUT2D eigenvalue weighted by Crippen LogP contribution is -2.39. The molecule has 0 saturated carbocycles. The van der Waals surface area contributed by atoms with Crippen molar-refractivity contribution in [3.05, 3.63) is 52.9 Å². The monoisotopic (exact) mass is 368 g/mol. The van der Waals surface area contributed by atoms with E-state index in [0.717, 1.165) is 4.90 Å². The summed E-state index contributed by atoms with van der Waals surface area (Å²) in [5.74, 6) is -0.492. The quantitative estimate of drug-likeness (QED) is 0.830. The molecule has 0 aliphatic heterocycles. The number of carbonyl (C=O) groups is 2. The Morgan fingerprint density at radius 2 is 1.95 bits per heavy atom. The molecule has 1 N–H and O–H groups in total. The van der Waals surface area contributed by atoms with Crippen LogP contribution in [-0.4, -0.2) is 22.8 Å². The maximum atomic E-state index is 12.1. The molecule has 0 aliphatic rings. The van der Waals surface area contributed by atoms with Gasteiger partial charge in [0.15, 0.2) is 10.4 Å². The lowest BCUT2D eigenvalue weighted by atomic mass is 10.4. The molecule has 0 radical (unpaired) electrons. The number of furan rings is 1. The van der Waals surface area contributed by atoms with Crippen LogP contribution in [0.25, 0.3) is 0 Å². The standard InChI is InChI=1S/C14H13BrN2O3S/c1-2-17(21-10-6-4-3-5-7-10)14(19)16-13(18)11-8-9-12(15)20-11/h3-9H,2H2,1H3,(H,16,18,19). The summed E-state index contributed by atoms with van der Waals surface area (Å²) in [6, 6.07) is 12.1. The summed E-state index contributed by atoms with van der Waals surface area (Å²) in [5, 5.41) is 2.29. The molecule has 3 amide bonds. The number of halogens is 1. The van der Waals surface area contributed by atoms with Crippen molar-refractivity contribution in [3.63, 3.8) is 0 Å². The summed E-state index contributed by atoms with van der Waals surface area (Å²) < 4.78 is 7.00. The van der Waals surface area contributed by atoms with Crippen molar-refractivity contribution in [2.24, 2.45) is 0 Å². The van der Waals surface area contributed by atoms with Crippen molar-refractivity contribution in [1.82, 2.24) is 9.62 Å². The third-order valence-corrected chi connectivity index (χ3v) is 4.04. The van der Waals surface area contributed by atoms with Crippen LogP contribution in [0.1, 0.15) is 17.5 Å². The van der Waals surface area contributed by atoms with Gasteiger partial charge in [0, 0.05) is 11.4 Å². The Morgan fingerprint density at radius 1 is 1.24 bits per heavy atom. The van der Waals surface area contributed by atoms with Crippen LogP contribution in [0.15, 0.2) is 56.4 Å². The van der Waals surface area contributed by atoms with E-state index in [1.165, 1.54) is 22.3 Å². The highest BCUT2D eigenvalue weighted by Crippen LogP contribution is 2.22. The third-order valence-electron chi connectivity index (χ3n) is 2.49. The fourth-order valence-electron chi connectivity index (χ4n) is 1.52. The van der Waals surface area contributed by atoms with Crippen LogP contribution in [-0.2, 0) is 0 Å². The summed E-state index contributed by atoms with van der Waals surface area (Å²) in [4.78, 5) is 24.9. The number of urea groups is 1. The van der Waals surface area contributed by atoms with E-state index in [-0.39, 0.29) is 5.76 Å². The first-order valence-corrected chi connectivity index (χ1v) is 7.78. The highest BCUT2D eigenvalue weighted by Gasteiger charge is 2.19. The number of nitrogens with zero attached hydrogens (tertiary/aromatic N) is 1. The Morgan fingerprint density at radius 3 is 2.52 bits per heavy atom. The number of imide groups is 1. The minimum absolute atomic E-state index is 0.0796. The fraction of sp³-hybridized carbons (Fsp3) is 0.143. The van der Waals surface area contributed by atoms with Crippen molar-refractivity contribution in [2.75, 3.05) is 6.54 Å². The van der Waals surface area contributed by atoms with E-state index in [1.54, 1.807) is 6.07 Å². The number of hydrogen-bond acceptors (Lipinski definition) is 4.